The fourth-order valence-electron chi connectivity index (χ4n) is 3.38. The number of ether oxygens (including phenoxy) is 2. The Kier molecular flexibility index (Phi) is 10.3. The van der Waals surface area contributed by atoms with Crippen molar-refractivity contribution in [3.05, 3.63) is 59.4 Å². The molecule has 0 aliphatic carbocycles. The molecule has 2 atom stereocenters. The predicted molar refractivity (Wildman–Crippen MR) is 131 cm³/mol. The van der Waals surface area contributed by atoms with Gasteiger partial charge in [0.05, 0.1) is 19.5 Å². The normalized spacial score (nSPS) is 13.4. The highest BCUT2D eigenvalue weighted by Gasteiger charge is 2.26. The van der Waals surface area contributed by atoms with E-state index in [4.69, 9.17) is 9.47 Å². The van der Waals surface area contributed by atoms with E-state index < -0.39 is 16.1 Å². The van der Waals surface area contributed by atoms with Crippen molar-refractivity contribution < 1.29 is 27.1 Å². The molecule has 0 saturated heterocycles. The van der Waals surface area contributed by atoms with Crippen molar-refractivity contribution in [3.8, 4) is 11.5 Å². The van der Waals surface area contributed by atoms with Crippen LogP contribution in [-0.4, -0.2) is 46.4 Å². The van der Waals surface area contributed by atoms with Gasteiger partial charge in [-0.05, 0) is 48.6 Å². The number of halogens is 1. The summed E-state index contributed by atoms with van der Waals surface area (Å²) >= 11 is 0. The van der Waals surface area contributed by atoms with Crippen LogP contribution in [0.2, 0.25) is 0 Å². The molecule has 2 rings (SSSR count). The summed E-state index contributed by atoms with van der Waals surface area (Å²) < 4.78 is 51.5. The van der Waals surface area contributed by atoms with Gasteiger partial charge in [-0.1, -0.05) is 45.0 Å². The summed E-state index contributed by atoms with van der Waals surface area (Å²) in [6.07, 6.45) is 0.527. The predicted octanol–water partition coefficient (Wildman–Crippen LogP) is 3.64. The highest BCUT2D eigenvalue weighted by Crippen LogP contribution is 2.30. The van der Waals surface area contributed by atoms with Crippen molar-refractivity contribution in [1.29, 1.82) is 0 Å². The molecule has 2 aromatic rings. The van der Waals surface area contributed by atoms with Gasteiger partial charge in [0.1, 0.15) is 11.9 Å². The molecule has 0 aromatic heterocycles. The zero-order valence-electron chi connectivity index (χ0n) is 20.4. The molecular weight excluding hydrogens is 459 g/mol. The monoisotopic (exact) mass is 494 g/mol. The van der Waals surface area contributed by atoms with Gasteiger partial charge in [0.2, 0.25) is 15.9 Å². The lowest BCUT2D eigenvalue weighted by molar-refractivity contribution is -0.123. The Morgan fingerprint density at radius 3 is 2.41 bits per heavy atom. The molecule has 7 nitrogen and oxygen atoms in total. The van der Waals surface area contributed by atoms with E-state index in [2.05, 4.69) is 10.0 Å². The van der Waals surface area contributed by atoms with Crippen molar-refractivity contribution in [1.82, 2.24) is 10.0 Å². The van der Waals surface area contributed by atoms with E-state index >= 15 is 0 Å². The molecule has 9 heteroatoms. The molecule has 0 spiro atoms. The van der Waals surface area contributed by atoms with E-state index in [1.165, 1.54) is 13.0 Å². The van der Waals surface area contributed by atoms with E-state index in [1.807, 2.05) is 19.1 Å². The number of methoxy groups -OCH3 is 1. The summed E-state index contributed by atoms with van der Waals surface area (Å²) in [5, 5.41) is 2.80. The van der Waals surface area contributed by atoms with Gasteiger partial charge >= 0.3 is 0 Å². The van der Waals surface area contributed by atoms with Crippen LogP contribution in [0.1, 0.15) is 44.7 Å². The van der Waals surface area contributed by atoms with Gasteiger partial charge in [-0.25, -0.2) is 17.5 Å². The molecular formula is C25H35FN2O5S. The van der Waals surface area contributed by atoms with E-state index in [-0.39, 0.29) is 35.9 Å². The van der Waals surface area contributed by atoms with Crippen LogP contribution >= 0.6 is 0 Å². The molecule has 0 aliphatic rings. The molecule has 188 valence electrons. The second-order valence-corrected chi connectivity index (χ2v) is 10.5. The third-order valence-corrected chi connectivity index (χ3v) is 6.87. The summed E-state index contributed by atoms with van der Waals surface area (Å²) in [5.41, 5.74) is 1.51. The lowest BCUT2D eigenvalue weighted by Gasteiger charge is -2.21. The van der Waals surface area contributed by atoms with E-state index in [0.717, 1.165) is 5.56 Å². The molecule has 0 fully saturated rings. The summed E-state index contributed by atoms with van der Waals surface area (Å²) in [4.78, 5) is 12.5. The Morgan fingerprint density at radius 2 is 1.79 bits per heavy atom. The van der Waals surface area contributed by atoms with Crippen LogP contribution in [0.5, 0.6) is 11.5 Å². The minimum atomic E-state index is -3.49. The van der Waals surface area contributed by atoms with Gasteiger partial charge < -0.3 is 14.8 Å². The first-order valence-corrected chi connectivity index (χ1v) is 13.0. The number of nitrogens with one attached hydrogen (secondary N) is 2. The molecule has 0 bridgehead atoms. The summed E-state index contributed by atoms with van der Waals surface area (Å²) in [5.74, 6) is 0.0554. The summed E-state index contributed by atoms with van der Waals surface area (Å²) in [7, 11) is -1.95. The topological polar surface area (TPSA) is 93.7 Å². The van der Waals surface area contributed by atoms with Gasteiger partial charge in [-0.2, -0.15) is 0 Å². The van der Waals surface area contributed by atoms with Gasteiger partial charge in [0.15, 0.2) is 11.5 Å². The third-order valence-electron chi connectivity index (χ3n) is 5.50. The number of amides is 1. The minimum Gasteiger partial charge on any atom is -0.493 e. The van der Waals surface area contributed by atoms with Crippen molar-refractivity contribution in [2.75, 3.05) is 26.0 Å². The fraction of sp³-hybridized carbons (Fsp3) is 0.480. The highest BCUT2D eigenvalue weighted by atomic mass is 32.2. The Balaban J connectivity index is 1.95. The quantitative estimate of drug-likeness (QED) is 0.444. The largest absolute Gasteiger partial charge is 0.493 e. The molecule has 0 saturated carbocycles. The second kappa shape index (κ2) is 12.7. The first-order valence-electron chi connectivity index (χ1n) is 11.4. The van der Waals surface area contributed by atoms with Crippen LogP contribution in [0, 0.1) is 11.7 Å². The molecule has 2 unspecified atom stereocenters. The Morgan fingerprint density at radius 1 is 1.09 bits per heavy atom. The van der Waals surface area contributed by atoms with Crippen molar-refractivity contribution in [2.45, 2.75) is 46.1 Å². The van der Waals surface area contributed by atoms with Crippen LogP contribution in [0.3, 0.4) is 0 Å². The Hall–Kier alpha value is -2.65. The second-order valence-electron chi connectivity index (χ2n) is 8.50. The van der Waals surface area contributed by atoms with E-state index in [0.29, 0.717) is 30.0 Å². The third kappa shape index (κ3) is 7.99. The highest BCUT2D eigenvalue weighted by molar-refractivity contribution is 7.89. The van der Waals surface area contributed by atoms with Crippen molar-refractivity contribution >= 4 is 15.9 Å². The van der Waals surface area contributed by atoms with E-state index in [1.54, 1.807) is 45.2 Å². The summed E-state index contributed by atoms with van der Waals surface area (Å²) in [6.45, 7) is 7.63. The minimum absolute atomic E-state index is 0.0865. The van der Waals surface area contributed by atoms with Crippen LogP contribution in [-0.2, 0) is 21.2 Å². The smallest absolute Gasteiger partial charge is 0.238 e. The van der Waals surface area contributed by atoms with Crippen molar-refractivity contribution in [2.24, 2.45) is 5.92 Å². The SMILES string of the molecule is CCS(=O)(=O)NC(C(=O)NCCc1ccc(OCC(C)c2ccccc2F)c(OC)c1)C(C)C. The zero-order valence-corrected chi connectivity index (χ0v) is 21.2. The molecule has 2 aromatic carbocycles. The van der Waals surface area contributed by atoms with E-state index in [9.17, 15) is 17.6 Å². The van der Waals surface area contributed by atoms with Crippen LogP contribution in [0.25, 0.3) is 0 Å². The molecule has 1 amide bonds. The first-order chi connectivity index (χ1) is 16.1. The maximum atomic E-state index is 14.0. The van der Waals surface area contributed by atoms with Crippen LogP contribution in [0.15, 0.2) is 42.5 Å². The lowest BCUT2D eigenvalue weighted by atomic mass is 10.0. The molecule has 34 heavy (non-hydrogen) atoms. The van der Waals surface area contributed by atoms with Gasteiger partial charge in [-0.15, -0.1) is 0 Å². The molecule has 0 aliphatic heterocycles. The molecule has 0 radical (unpaired) electrons. The maximum absolute atomic E-state index is 14.0. The fourth-order valence-corrected chi connectivity index (χ4v) is 4.31. The van der Waals surface area contributed by atoms with Gasteiger partial charge in [-0.3, -0.25) is 4.79 Å². The molecule has 0 heterocycles. The zero-order chi connectivity index (χ0) is 25.3. The average molecular weight is 495 g/mol. The number of carbonyl (C=O) groups excluding carboxylic acids is 1. The number of carbonyl (C=O) groups is 1. The summed E-state index contributed by atoms with van der Waals surface area (Å²) in [6, 6.07) is 11.3. The van der Waals surface area contributed by atoms with Gasteiger partial charge in [0.25, 0.3) is 0 Å². The Bertz CT molecular complexity index is 1060. The average Bonchev–Trinajstić information content (AvgIpc) is 2.81. The number of sulfonamides is 1. The lowest BCUT2D eigenvalue weighted by Crippen LogP contribution is -2.50. The number of hydrogen-bond acceptors (Lipinski definition) is 5. The van der Waals surface area contributed by atoms with Gasteiger partial charge in [0, 0.05) is 12.5 Å². The number of benzene rings is 2. The van der Waals surface area contributed by atoms with Crippen LogP contribution in [0.4, 0.5) is 4.39 Å². The standard InChI is InChI=1S/C25H35FN2O5S/c1-6-34(30,31)28-24(17(2)3)25(29)27-14-13-19-11-12-22(23(15-19)32-5)33-16-18(4)20-9-7-8-10-21(20)26/h7-12,15,17-18,24,28H,6,13-14,16H2,1-5H3,(H,27,29). The number of hydrogen-bond donors (Lipinski definition) is 2. The maximum Gasteiger partial charge on any atom is 0.238 e. The van der Waals surface area contributed by atoms with Crippen LogP contribution < -0.4 is 19.5 Å². The number of rotatable bonds is 13. The Labute approximate surface area is 202 Å². The first kappa shape index (κ1) is 27.6. The van der Waals surface area contributed by atoms with Crippen molar-refractivity contribution in [3.63, 3.8) is 0 Å². The molecule has 2 N–H and O–H groups in total.